The molecule has 10 nitrogen and oxygen atoms in total. The molecule has 1 aromatic carbocycles. The van der Waals surface area contributed by atoms with Gasteiger partial charge in [-0.05, 0) is 19.8 Å². The standard InChI is InChI=1S/C23H32N4O6S/c1-13(2)24-10-19-26-22(33-27-19)16-12-34-11-15-17(28)9-18(31-4)14(3)21(15)23(30)32-8-6-5-7-20(29)25-16/h9,13,16,24,28H,5-8,10-12H2,1-4H3,(H,25,29)/t16-/m0/s1. The maximum atomic E-state index is 12.9. The zero-order chi connectivity index (χ0) is 24.7. The number of nitrogens with one attached hydrogen (secondary N) is 2. The van der Waals surface area contributed by atoms with Crippen molar-refractivity contribution in [3.8, 4) is 11.5 Å². The van der Waals surface area contributed by atoms with E-state index in [0.717, 1.165) is 0 Å². The molecule has 0 aliphatic carbocycles. The molecule has 34 heavy (non-hydrogen) atoms. The Bertz CT molecular complexity index is 1010. The number of rotatable bonds is 5. The van der Waals surface area contributed by atoms with E-state index >= 15 is 0 Å². The Morgan fingerprint density at radius 2 is 2.15 bits per heavy atom. The van der Waals surface area contributed by atoms with Crippen molar-refractivity contribution < 1.29 is 28.7 Å². The van der Waals surface area contributed by atoms with Gasteiger partial charge >= 0.3 is 5.97 Å². The Morgan fingerprint density at radius 3 is 2.88 bits per heavy atom. The third-order valence-corrected chi connectivity index (χ3v) is 6.46. The molecule has 11 heteroatoms. The average Bonchev–Trinajstić information content (AvgIpc) is 3.27. The summed E-state index contributed by atoms with van der Waals surface area (Å²) in [7, 11) is 1.49. The van der Waals surface area contributed by atoms with Crippen LogP contribution in [0.15, 0.2) is 10.6 Å². The largest absolute Gasteiger partial charge is 0.507 e. The smallest absolute Gasteiger partial charge is 0.338 e. The molecule has 0 radical (unpaired) electrons. The van der Waals surface area contributed by atoms with Crippen molar-refractivity contribution in [2.45, 2.75) is 64.4 Å². The minimum Gasteiger partial charge on any atom is -0.507 e. The van der Waals surface area contributed by atoms with Gasteiger partial charge in [-0.15, -0.1) is 0 Å². The summed E-state index contributed by atoms with van der Waals surface area (Å²) in [5, 5.41) is 20.8. The number of aromatic hydroxyl groups is 1. The fourth-order valence-electron chi connectivity index (χ4n) is 3.55. The number of carbonyl (C=O) groups is 2. The highest BCUT2D eigenvalue weighted by Crippen LogP contribution is 2.36. The highest BCUT2D eigenvalue weighted by Gasteiger charge is 2.26. The van der Waals surface area contributed by atoms with Crippen LogP contribution in [0.25, 0.3) is 0 Å². The molecule has 0 spiro atoms. The summed E-state index contributed by atoms with van der Waals surface area (Å²) in [6.45, 7) is 6.45. The van der Waals surface area contributed by atoms with Crippen molar-refractivity contribution in [1.29, 1.82) is 0 Å². The van der Waals surface area contributed by atoms with E-state index in [9.17, 15) is 14.7 Å². The molecule has 2 aromatic rings. The van der Waals surface area contributed by atoms with E-state index in [1.54, 1.807) is 6.92 Å². The fraction of sp³-hybridized carbons (Fsp3) is 0.565. The molecular weight excluding hydrogens is 460 g/mol. The van der Waals surface area contributed by atoms with Gasteiger partial charge in [-0.1, -0.05) is 19.0 Å². The van der Waals surface area contributed by atoms with E-state index in [4.69, 9.17) is 14.0 Å². The lowest BCUT2D eigenvalue weighted by Gasteiger charge is -2.19. The van der Waals surface area contributed by atoms with E-state index in [1.165, 1.54) is 24.9 Å². The van der Waals surface area contributed by atoms with Crippen LogP contribution in [-0.2, 0) is 21.8 Å². The quantitative estimate of drug-likeness (QED) is 0.534. The van der Waals surface area contributed by atoms with E-state index in [0.29, 0.717) is 71.5 Å². The molecule has 0 saturated heterocycles. The van der Waals surface area contributed by atoms with Gasteiger partial charge in [0.2, 0.25) is 11.8 Å². The lowest BCUT2D eigenvalue weighted by molar-refractivity contribution is -0.122. The normalized spacial score (nSPS) is 18.1. The second-order valence-electron chi connectivity index (χ2n) is 8.39. The van der Waals surface area contributed by atoms with Crippen LogP contribution in [0.2, 0.25) is 0 Å². The zero-order valence-electron chi connectivity index (χ0n) is 20.0. The van der Waals surface area contributed by atoms with Crippen molar-refractivity contribution >= 4 is 23.6 Å². The topological polar surface area (TPSA) is 136 Å². The van der Waals surface area contributed by atoms with Gasteiger partial charge in [-0.25, -0.2) is 4.79 Å². The molecule has 3 N–H and O–H groups in total. The van der Waals surface area contributed by atoms with Crippen LogP contribution >= 0.6 is 11.8 Å². The third-order valence-electron chi connectivity index (χ3n) is 5.40. The molecule has 1 aliphatic rings. The molecule has 2 heterocycles. The van der Waals surface area contributed by atoms with E-state index < -0.39 is 12.0 Å². The summed E-state index contributed by atoms with van der Waals surface area (Å²) < 4.78 is 16.2. The monoisotopic (exact) mass is 492 g/mol. The molecule has 1 amide bonds. The van der Waals surface area contributed by atoms with Crippen LogP contribution in [0.3, 0.4) is 0 Å². The number of benzene rings is 1. The van der Waals surface area contributed by atoms with Gasteiger partial charge in [-0.2, -0.15) is 16.7 Å². The zero-order valence-corrected chi connectivity index (χ0v) is 20.8. The Morgan fingerprint density at radius 1 is 1.35 bits per heavy atom. The number of hydrogen-bond donors (Lipinski definition) is 3. The van der Waals surface area contributed by atoms with Crippen LogP contribution in [0.1, 0.15) is 72.4 Å². The van der Waals surface area contributed by atoms with Gasteiger partial charge in [0, 0.05) is 41.2 Å². The Hall–Kier alpha value is -2.79. The highest BCUT2D eigenvalue weighted by molar-refractivity contribution is 7.98. The molecule has 0 bridgehead atoms. The first-order valence-electron chi connectivity index (χ1n) is 11.3. The van der Waals surface area contributed by atoms with Gasteiger partial charge in [0.1, 0.15) is 17.5 Å². The minimum atomic E-state index is -0.514. The summed E-state index contributed by atoms with van der Waals surface area (Å²) in [4.78, 5) is 29.8. The summed E-state index contributed by atoms with van der Waals surface area (Å²) in [6, 6.07) is 1.27. The van der Waals surface area contributed by atoms with Gasteiger partial charge in [0.15, 0.2) is 5.82 Å². The number of aromatic nitrogens is 2. The Balaban J connectivity index is 1.85. The minimum absolute atomic E-state index is 0.0468. The van der Waals surface area contributed by atoms with E-state index in [-0.39, 0.29) is 24.3 Å². The van der Waals surface area contributed by atoms with E-state index in [2.05, 4.69) is 20.8 Å². The maximum absolute atomic E-state index is 12.9. The van der Waals surface area contributed by atoms with Crippen LogP contribution in [-0.4, -0.2) is 52.6 Å². The molecule has 0 fully saturated rings. The van der Waals surface area contributed by atoms with E-state index in [1.807, 2.05) is 13.8 Å². The number of thioether (sulfide) groups is 1. The van der Waals surface area contributed by atoms with Gasteiger partial charge < -0.3 is 29.7 Å². The summed E-state index contributed by atoms with van der Waals surface area (Å²) >= 11 is 1.43. The molecule has 0 saturated carbocycles. The molecule has 0 unspecified atom stereocenters. The molecule has 1 aromatic heterocycles. The number of cyclic esters (lactones) is 1. The lowest BCUT2D eigenvalue weighted by Crippen LogP contribution is -2.30. The number of phenolic OH excluding ortho intramolecular Hbond substituents is 1. The predicted molar refractivity (Wildman–Crippen MR) is 127 cm³/mol. The number of carbonyl (C=O) groups excluding carboxylic acids is 2. The van der Waals surface area contributed by atoms with Crippen molar-refractivity contribution in [2.75, 3.05) is 19.5 Å². The number of methoxy groups -OCH3 is 1. The number of amides is 1. The average molecular weight is 493 g/mol. The van der Waals surface area contributed by atoms with Crippen molar-refractivity contribution in [1.82, 2.24) is 20.8 Å². The number of phenols is 1. The lowest BCUT2D eigenvalue weighted by atomic mass is 10.0. The molecule has 1 aliphatic heterocycles. The third kappa shape index (κ3) is 6.63. The molecule has 186 valence electrons. The summed E-state index contributed by atoms with van der Waals surface area (Å²) in [6.07, 6.45) is 1.38. The predicted octanol–water partition coefficient (Wildman–Crippen LogP) is 3.02. The van der Waals surface area contributed by atoms with Gasteiger partial charge in [-0.3, -0.25) is 4.79 Å². The van der Waals surface area contributed by atoms with Crippen molar-refractivity contribution in [3.63, 3.8) is 0 Å². The van der Waals surface area contributed by atoms with Crippen molar-refractivity contribution in [3.05, 3.63) is 34.5 Å². The Kier molecular flexibility index (Phi) is 9.17. The highest BCUT2D eigenvalue weighted by atomic mass is 32.2. The SMILES string of the molecule is COc1cc(O)c2c(c1C)C(=O)OCCCCC(=O)N[C@H](c1nc(CNC(C)C)no1)CSC2. The molecule has 1 atom stereocenters. The van der Waals surface area contributed by atoms with Gasteiger partial charge in [0.05, 0.1) is 25.8 Å². The number of nitrogens with zero attached hydrogens (tertiary/aromatic N) is 2. The van der Waals surface area contributed by atoms with Crippen LogP contribution in [0, 0.1) is 6.92 Å². The van der Waals surface area contributed by atoms with Crippen LogP contribution < -0.4 is 15.4 Å². The maximum Gasteiger partial charge on any atom is 0.338 e. The van der Waals surface area contributed by atoms with Gasteiger partial charge in [0.25, 0.3) is 0 Å². The first-order chi connectivity index (χ1) is 16.3. The summed E-state index contributed by atoms with van der Waals surface area (Å²) in [5.74, 6) is 1.26. The fourth-order valence-corrected chi connectivity index (χ4v) is 4.63. The summed E-state index contributed by atoms with van der Waals surface area (Å²) in [5.41, 5.74) is 1.38. The number of hydrogen-bond acceptors (Lipinski definition) is 10. The Labute approximate surface area is 203 Å². The first kappa shape index (κ1) is 25.8. The number of esters is 1. The first-order valence-corrected chi connectivity index (χ1v) is 12.4. The second-order valence-corrected chi connectivity index (χ2v) is 9.42. The molecule has 3 rings (SSSR count). The second kappa shape index (κ2) is 12.1. The number of ether oxygens (including phenoxy) is 2. The van der Waals surface area contributed by atoms with Crippen LogP contribution in [0.5, 0.6) is 11.5 Å². The van der Waals surface area contributed by atoms with Crippen molar-refractivity contribution in [2.24, 2.45) is 0 Å². The number of fused-ring (bicyclic) bond motifs is 1. The molecular formula is C23H32N4O6S. The van der Waals surface area contributed by atoms with Crippen LogP contribution in [0.4, 0.5) is 0 Å².